The molecular formula is C20H26N2O3S. The molecule has 0 saturated carbocycles. The van der Waals surface area contributed by atoms with E-state index in [0.717, 1.165) is 38.2 Å². The fourth-order valence-electron chi connectivity index (χ4n) is 3.27. The summed E-state index contributed by atoms with van der Waals surface area (Å²) in [5.74, 6) is 0.891. The Morgan fingerprint density at radius 1 is 0.962 bits per heavy atom. The zero-order valence-electron chi connectivity index (χ0n) is 15.2. The first-order valence-corrected chi connectivity index (χ1v) is 10.4. The molecule has 1 aliphatic heterocycles. The Kier molecular flexibility index (Phi) is 6.29. The number of nitrogens with zero attached hydrogens (tertiary/aromatic N) is 2. The van der Waals surface area contributed by atoms with Crippen molar-refractivity contribution in [2.45, 2.75) is 17.7 Å². The molecule has 1 aliphatic rings. The molecule has 6 heteroatoms. The van der Waals surface area contributed by atoms with Gasteiger partial charge in [0.15, 0.2) is 0 Å². The Hall–Kier alpha value is -1.89. The summed E-state index contributed by atoms with van der Waals surface area (Å²) in [4.78, 5) is 2.73. The van der Waals surface area contributed by atoms with Crippen molar-refractivity contribution in [1.29, 1.82) is 0 Å². The summed E-state index contributed by atoms with van der Waals surface area (Å²) >= 11 is 0. The van der Waals surface area contributed by atoms with Gasteiger partial charge in [-0.1, -0.05) is 30.3 Å². The van der Waals surface area contributed by atoms with Gasteiger partial charge in [-0.2, -0.15) is 4.31 Å². The van der Waals surface area contributed by atoms with E-state index in [1.165, 1.54) is 5.56 Å². The number of ether oxygens (including phenoxy) is 1. The summed E-state index contributed by atoms with van der Waals surface area (Å²) in [6.07, 6.45) is 2.05. The number of rotatable bonds is 7. The number of benzene rings is 2. The van der Waals surface area contributed by atoms with Crippen molar-refractivity contribution in [1.82, 2.24) is 9.21 Å². The van der Waals surface area contributed by atoms with Crippen LogP contribution in [0.5, 0.6) is 5.75 Å². The van der Waals surface area contributed by atoms with Gasteiger partial charge < -0.3 is 9.64 Å². The molecular weight excluding hydrogens is 348 g/mol. The second kappa shape index (κ2) is 8.66. The maximum Gasteiger partial charge on any atom is 0.243 e. The van der Waals surface area contributed by atoms with Gasteiger partial charge in [0.2, 0.25) is 10.0 Å². The number of aryl methyl sites for hydroxylation is 1. The first kappa shape index (κ1) is 18.9. The van der Waals surface area contributed by atoms with Gasteiger partial charge in [-0.25, -0.2) is 8.42 Å². The molecule has 0 radical (unpaired) electrons. The minimum absolute atomic E-state index is 0.381. The van der Waals surface area contributed by atoms with Gasteiger partial charge >= 0.3 is 0 Å². The summed E-state index contributed by atoms with van der Waals surface area (Å²) in [7, 11) is -1.68. The Balaban J connectivity index is 1.47. The van der Waals surface area contributed by atoms with Gasteiger partial charge in [0.05, 0.1) is 12.0 Å². The average molecular weight is 375 g/mol. The van der Waals surface area contributed by atoms with Crippen molar-refractivity contribution in [2.24, 2.45) is 0 Å². The number of hydrogen-bond donors (Lipinski definition) is 0. The third-order valence-corrected chi connectivity index (χ3v) is 6.70. The van der Waals surface area contributed by atoms with Crippen molar-refractivity contribution in [3.8, 4) is 5.75 Å². The summed E-state index contributed by atoms with van der Waals surface area (Å²) in [5.41, 5.74) is 1.27. The largest absolute Gasteiger partial charge is 0.497 e. The molecule has 5 nitrogen and oxygen atoms in total. The van der Waals surface area contributed by atoms with Crippen molar-refractivity contribution in [2.75, 3.05) is 39.8 Å². The van der Waals surface area contributed by atoms with Crippen LogP contribution in [0.1, 0.15) is 12.0 Å². The van der Waals surface area contributed by atoms with Crippen LogP contribution in [0.25, 0.3) is 0 Å². The lowest BCUT2D eigenvalue weighted by Crippen LogP contribution is -2.48. The molecule has 0 amide bonds. The van der Waals surface area contributed by atoms with Crippen molar-refractivity contribution in [3.05, 3.63) is 60.2 Å². The van der Waals surface area contributed by atoms with E-state index in [1.807, 2.05) is 18.2 Å². The fraction of sp³-hybridized carbons (Fsp3) is 0.400. The SMILES string of the molecule is COc1cccc(CCCN2CCN(S(=O)(=O)c3ccccc3)CC2)c1. The van der Waals surface area contributed by atoms with Crippen LogP contribution in [-0.4, -0.2) is 57.5 Å². The predicted molar refractivity (Wildman–Crippen MR) is 103 cm³/mol. The molecule has 0 aliphatic carbocycles. The van der Waals surface area contributed by atoms with Gasteiger partial charge in [-0.05, 0) is 49.2 Å². The Bertz CT molecular complexity index is 801. The highest BCUT2D eigenvalue weighted by molar-refractivity contribution is 7.89. The monoisotopic (exact) mass is 374 g/mol. The summed E-state index contributed by atoms with van der Waals surface area (Å²) < 4.78 is 32.2. The molecule has 0 atom stereocenters. The lowest BCUT2D eigenvalue weighted by molar-refractivity contribution is 0.187. The van der Waals surface area contributed by atoms with Gasteiger partial charge in [0.25, 0.3) is 0 Å². The lowest BCUT2D eigenvalue weighted by atomic mass is 10.1. The van der Waals surface area contributed by atoms with Crippen LogP contribution in [0, 0.1) is 0 Å². The van der Waals surface area contributed by atoms with Crippen LogP contribution < -0.4 is 4.74 Å². The van der Waals surface area contributed by atoms with Crippen LogP contribution in [0.2, 0.25) is 0 Å². The smallest absolute Gasteiger partial charge is 0.243 e. The van der Waals surface area contributed by atoms with E-state index in [2.05, 4.69) is 17.0 Å². The number of methoxy groups -OCH3 is 1. The highest BCUT2D eigenvalue weighted by Gasteiger charge is 2.27. The maximum atomic E-state index is 12.6. The third-order valence-electron chi connectivity index (χ3n) is 4.79. The normalized spacial score (nSPS) is 16.5. The minimum Gasteiger partial charge on any atom is -0.497 e. The van der Waals surface area contributed by atoms with E-state index in [-0.39, 0.29) is 0 Å². The molecule has 0 unspecified atom stereocenters. The molecule has 1 saturated heterocycles. The van der Waals surface area contributed by atoms with Crippen molar-refractivity contribution >= 4 is 10.0 Å². The highest BCUT2D eigenvalue weighted by Crippen LogP contribution is 2.18. The maximum absolute atomic E-state index is 12.6. The van der Waals surface area contributed by atoms with Gasteiger partial charge in [0, 0.05) is 26.2 Å². The molecule has 140 valence electrons. The van der Waals surface area contributed by atoms with E-state index in [9.17, 15) is 8.42 Å². The average Bonchev–Trinajstić information content (AvgIpc) is 2.69. The second-order valence-corrected chi connectivity index (χ2v) is 8.45. The van der Waals surface area contributed by atoms with Crippen LogP contribution in [-0.2, 0) is 16.4 Å². The lowest BCUT2D eigenvalue weighted by Gasteiger charge is -2.34. The van der Waals surface area contributed by atoms with Crippen LogP contribution in [0.3, 0.4) is 0 Å². The van der Waals surface area contributed by atoms with Crippen molar-refractivity contribution < 1.29 is 13.2 Å². The molecule has 0 spiro atoms. The molecule has 2 aromatic carbocycles. The molecule has 1 heterocycles. The zero-order valence-corrected chi connectivity index (χ0v) is 16.0. The van der Waals surface area contributed by atoms with Crippen LogP contribution in [0.4, 0.5) is 0 Å². The zero-order chi connectivity index (χ0) is 18.4. The standard InChI is InChI=1S/C20H26N2O3S/c1-25-19-9-5-7-18(17-19)8-6-12-21-13-15-22(16-14-21)26(23,24)20-10-3-2-4-11-20/h2-5,7,9-11,17H,6,8,12-16H2,1H3. The molecule has 0 bridgehead atoms. The van der Waals surface area contributed by atoms with Crippen LogP contribution in [0.15, 0.2) is 59.5 Å². The Labute approximate surface area is 156 Å². The Morgan fingerprint density at radius 3 is 2.38 bits per heavy atom. The molecule has 1 fully saturated rings. The molecule has 0 N–H and O–H groups in total. The van der Waals surface area contributed by atoms with Crippen molar-refractivity contribution in [3.63, 3.8) is 0 Å². The number of sulfonamides is 1. The summed E-state index contributed by atoms with van der Waals surface area (Å²) in [6.45, 7) is 3.65. The van der Waals surface area contributed by atoms with Gasteiger partial charge in [-0.3, -0.25) is 0 Å². The topological polar surface area (TPSA) is 49.9 Å². The van der Waals surface area contributed by atoms with E-state index >= 15 is 0 Å². The fourth-order valence-corrected chi connectivity index (χ4v) is 4.71. The molecule has 0 aromatic heterocycles. The highest BCUT2D eigenvalue weighted by atomic mass is 32.2. The van der Waals surface area contributed by atoms with E-state index in [4.69, 9.17) is 4.74 Å². The van der Waals surface area contributed by atoms with E-state index in [0.29, 0.717) is 18.0 Å². The first-order chi connectivity index (χ1) is 12.6. The molecule has 2 aromatic rings. The van der Waals surface area contributed by atoms with E-state index in [1.54, 1.807) is 35.7 Å². The summed E-state index contributed by atoms with van der Waals surface area (Å²) in [6, 6.07) is 16.9. The third kappa shape index (κ3) is 4.63. The van der Waals surface area contributed by atoms with E-state index < -0.39 is 10.0 Å². The van der Waals surface area contributed by atoms with Crippen LogP contribution >= 0.6 is 0 Å². The van der Waals surface area contributed by atoms with Gasteiger partial charge in [-0.15, -0.1) is 0 Å². The van der Waals surface area contributed by atoms with Gasteiger partial charge in [0.1, 0.15) is 5.75 Å². The first-order valence-electron chi connectivity index (χ1n) is 9.00. The summed E-state index contributed by atoms with van der Waals surface area (Å²) in [5, 5.41) is 0. The number of hydrogen-bond acceptors (Lipinski definition) is 4. The quantitative estimate of drug-likeness (QED) is 0.748. The molecule has 26 heavy (non-hydrogen) atoms. The molecule has 3 rings (SSSR count). The Morgan fingerprint density at radius 2 is 1.69 bits per heavy atom. The minimum atomic E-state index is -3.36. The second-order valence-electron chi connectivity index (χ2n) is 6.51. The predicted octanol–water partition coefficient (Wildman–Crippen LogP) is 2.63. The number of piperazine rings is 1.